The molecule has 6 heteroatoms. The van der Waals surface area contributed by atoms with Gasteiger partial charge >= 0.3 is 0 Å². The fourth-order valence-corrected chi connectivity index (χ4v) is 2.94. The zero-order valence-electron chi connectivity index (χ0n) is 10.9. The molecular formula is C14H15N3O2S. The number of hydrogen-bond acceptors (Lipinski definition) is 5. The van der Waals surface area contributed by atoms with Crippen LogP contribution >= 0.6 is 11.3 Å². The Balaban J connectivity index is 1.63. The third kappa shape index (κ3) is 2.96. The van der Waals surface area contributed by atoms with Gasteiger partial charge in [-0.3, -0.25) is 4.79 Å². The van der Waals surface area contributed by atoms with Crippen LogP contribution in [0.3, 0.4) is 0 Å². The number of piperidine rings is 1. The Bertz CT molecular complexity index is 559. The summed E-state index contributed by atoms with van der Waals surface area (Å²) in [7, 11) is 0. The first kappa shape index (κ1) is 13.1. The summed E-state index contributed by atoms with van der Waals surface area (Å²) in [6.45, 7) is 1.40. The number of hydrogen-bond donors (Lipinski definition) is 0. The number of ether oxygens (including phenoxy) is 1. The van der Waals surface area contributed by atoms with Crippen molar-refractivity contribution in [2.24, 2.45) is 0 Å². The van der Waals surface area contributed by atoms with Gasteiger partial charge in [-0.15, -0.1) is 0 Å². The molecule has 20 heavy (non-hydrogen) atoms. The number of carbonyl (C=O) groups is 1. The quantitative estimate of drug-likeness (QED) is 0.869. The summed E-state index contributed by atoms with van der Waals surface area (Å²) >= 11 is 1.54. The molecule has 1 aliphatic rings. The second kappa shape index (κ2) is 6.00. The van der Waals surface area contributed by atoms with E-state index in [4.69, 9.17) is 4.74 Å². The largest absolute Gasteiger partial charge is 0.472 e. The lowest BCUT2D eigenvalue weighted by molar-refractivity contribution is 0.0528. The standard InChI is InChI=1S/C14H15N3O2S/c18-14(11-4-7-20-9-11)17-6-1-2-12(8-17)19-13-3-5-15-10-16-13/h3-5,7,9-10,12H,1-2,6,8H2/t12-/m0/s1. The lowest BCUT2D eigenvalue weighted by Gasteiger charge is -2.32. The van der Waals surface area contributed by atoms with Crippen LogP contribution in [0.15, 0.2) is 35.4 Å². The first-order valence-electron chi connectivity index (χ1n) is 6.57. The van der Waals surface area contributed by atoms with Crippen molar-refractivity contribution in [1.29, 1.82) is 0 Å². The molecule has 1 aliphatic heterocycles. The summed E-state index contributed by atoms with van der Waals surface area (Å²) in [5, 5.41) is 3.81. The van der Waals surface area contributed by atoms with Gasteiger partial charge < -0.3 is 9.64 Å². The molecule has 0 aliphatic carbocycles. The highest BCUT2D eigenvalue weighted by molar-refractivity contribution is 7.08. The van der Waals surface area contributed by atoms with E-state index in [0.717, 1.165) is 24.9 Å². The van der Waals surface area contributed by atoms with E-state index < -0.39 is 0 Å². The molecule has 0 N–H and O–H groups in total. The van der Waals surface area contributed by atoms with E-state index in [9.17, 15) is 4.79 Å². The summed E-state index contributed by atoms with van der Waals surface area (Å²) in [5.74, 6) is 0.650. The van der Waals surface area contributed by atoms with Gasteiger partial charge in [0.25, 0.3) is 5.91 Å². The van der Waals surface area contributed by atoms with Crippen LogP contribution in [0.2, 0.25) is 0 Å². The van der Waals surface area contributed by atoms with Crippen molar-refractivity contribution in [3.63, 3.8) is 0 Å². The van der Waals surface area contributed by atoms with Gasteiger partial charge in [0, 0.05) is 24.2 Å². The number of carbonyl (C=O) groups excluding carboxylic acids is 1. The molecule has 2 aromatic rings. The maximum atomic E-state index is 12.3. The number of amides is 1. The summed E-state index contributed by atoms with van der Waals surface area (Å²) in [6.07, 6.45) is 5.01. The van der Waals surface area contributed by atoms with Crippen molar-refractivity contribution in [1.82, 2.24) is 14.9 Å². The van der Waals surface area contributed by atoms with E-state index in [2.05, 4.69) is 9.97 Å². The molecule has 3 rings (SSSR count). The highest BCUT2D eigenvalue weighted by Gasteiger charge is 2.26. The van der Waals surface area contributed by atoms with E-state index in [1.165, 1.54) is 17.7 Å². The van der Waals surface area contributed by atoms with Gasteiger partial charge in [0.1, 0.15) is 12.4 Å². The summed E-state index contributed by atoms with van der Waals surface area (Å²) in [6, 6.07) is 3.60. The molecule has 0 unspecified atom stereocenters. The van der Waals surface area contributed by atoms with Crippen LogP contribution in [0.5, 0.6) is 5.88 Å². The van der Waals surface area contributed by atoms with Crippen LogP contribution in [0.4, 0.5) is 0 Å². The van der Waals surface area contributed by atoms with Gasteiger partial charge in [0.2, 0.25) is 5.88 Å². The van der Waals surface area contributed by atoms with E-state index in [0.29, 0.717) is 12.4 Å². The molecular weight excluding hydrogens is 274 g/mol. The first-order chi connectivity index (χ1) is 9.83. The minimum absolute atomic E-state index is 0.00114. The highest BCUT2D eigenvalue weighted by Crippen LogP contribution is 2.18. The van der Waals surface area contributed by atoms with Gasteiger partial charge in [-0.05, 0) is 24.3 Å². The molecule has 3 heterocycles. The van der Waals surface area contributed by atoms with Crippen molar-refractivity contribution in [2.75, 3.05) is 13.1 Å². The Hall–Kier alpha value is -1.95. The Kier molecular flexibility index (Phi) is 3.92. The first-order valence-corrected chi connectivity index (χ1v) is 7.51. The fourth-order valence-electron chi connectivity index (χ4n) is 2.31. The van der Waals surface area contributed by atoms with E-state index in [1.54, 1.807) is 12.3 Å². The highest BCUT2D eigenvalue weighted by atomic mass is 32.1. The van der Waals surface area contributed by atoms with E-state index in [1.807, 2.05) is 21.7 Å². The van der Waals surface area contributed by atoms with Gasteiger partial charge in [-0.25, -0.2) is 9.97 Å². The molecule has 1 saturated heterocycles. The molecule has 1 amide bonds. The maximum Gasteiger partial charge on any atom is 0.254 e. The SMILES string of the molecule is O=C(c1ccsc1)N1CCC[C@H](Oc2ccncn2)C1. The minimum atomic E-state index is 0.00114. The van der Waals surface area contributed by atoms with Crippen molar-refractivity contribution >= 4 is 17.2 Å². The molecule has 0 aromatic carbocycles. The molecule has 5 nitrogen and oxygen atoms in total. The lowest BCUT2D eigenvalue weighted by Crippen LogP contribution is -2.44. The van der Waals surface area contributed by atoms with Crippen LogP contribution in [0, 0.1) is 0 Å². The van der Waals surface area contributed by atoms with Crippen molar-refractivity contribution in [3.05, 3.63) is 41.0 Å². The van der Waals surface area contributed by atoms with Gasteiger partial charge in [-0.1, -0.05) is 0 Å². The van der Waals surface area contributed by atoms with E-state index >= 15 is 0 Å². The summed E-state index contributed by atoms with van der Waals surface area (Å²) in [5.41, 5.74) is 0.762. The van der Waals surface area contributed by atoms with Crippen molar-refractivity contribution in [2.45, 2.75) is 18.9 Å². The van der Waals surface area contributed by atoms with Crippen molar-refractivity contribution < 1.29 is 9.53 Å². The van der Waals surface area contributed by atoms with Crippen LogP contribution in [-0.2, 0) is 0 Å². The monoisotopic (exact) mass is 289 g/mol. The Morgan fingerprint density at radius 3 is 3.15 bits per heavy atom. The van der Waals surface area contributed by atoms with Gasteiger partial charge in [0.05, 0.1) is 12.1 Å². The second-order valence-electron chi connectivity index (χ2n) is 4.69. The second-order valence-corrected chi connectivity index (χ2v) is 5.47. The average molecular weight is 289 g/mol. The third-order valence-electron chi connectivity index (χ3n) is 3.28. The summed E-state index contributed by atoms with van der Waals surface area (Å²) in [4.78, 5) is 22.1. The molecule has 0 radical (unpaired) electrons. The van der Waals surface area contributed by atoms with E-state index in [-0.39, 0.29) is 12.0 Å². The molecule has 104 valence electrons. The maximum absolute atomic E-state index is 12.3. The normalized spacial score (nSPS) is 18.8. The minimum Gasteiger partial charge on any atom is -0.472 e. The zero-order chi connectivity index (χ0) is 13.8. The zero-order valence-corrected chi connectivity index (χ0v) is 11.8. The number of likely N-dealkylation sites (tertiary alicyclic amines) is 1. The van der Waals surface area contributed by atoms with Crippen LogP contribution < -0.4 is 4.74 Å². The molecule has 1 fully saturated rings. The topological polar surface area (TPSA) is 55.3 Å². The third-order valence-corrected chi connectivity index (χ3v) is 3.96. The lowest BCUT2D eigenvalue weighted by atomic mass is 10.1. The molecule has 1 atom stereocenters. The van der Waals surface area contributed by atoms with Crippen molar-refractivity contribution in [3.8, 4) is 5.88 Å². The number of nitrogens with zero attached hydrogens (tertiary/aromatic N) is 3. The average Bonchev–Trinajstić information content (AvgIpc) is 3.02. The van der Waals surface area contributed by atoms with Crippen LogP contribution in [-0.4, -0.2) is 40.0 Å². The number of aromatic nitrogens is 2. The predicted molar refractivity (Wildman–Crippen MR) is 75.9 cm³/mol. The van der Waals surface area contributed by atoms with Gasteiger partial charge in [0.15, 0.2) is 0 Å². The Morgan fingerprint density at radius 1 is 1.45 bits per heavy atom. The fraction of sp³-hybridized carbons (Fsp3) is 0.357. The molecule has 0 spiro atoms. The Morgan fingerprint density at radius 2 is 2.40 bits per heavy atom. The van der Waals surface area contributed by atoms with Crippen LogP contribution in [0.25, 0.3) is 0 Å². The Labute approximate surface area is 121 Å². The molecule has 0 bridgehead atoms. The summed E-state index contributed by atoms with van der Waals surface area (Å²) < 4.78 is 5.81. The number of thiophene rings is 1. The van der Waals surface area contributed by atoms with Gasteiger partial charge in [-0.2, -0.15) is 11.3 Å². The smallest absolute Gasteiger partial charge is 0.254 e. The molecule has 0 saturated carbocycles. The predicted octanol–water partition coefficient (Wildman–Crippen LogP) is 2.22. The van der Waals surface area contributed by atoms with Crippen LogP contribution in [0.1, 0.15) is 23.2 Å². The molecule has 2 aromatic heterocycles. The number of rotatable bonds is 3.